The smallest absolute Gasteiger partial charge is 0.130 e. The van der Waals surface area contributed by atoms with E-state index < -0.39 is 0 Å². The van der Waals surface area contributed by atoms with Crippen molar-refractivity contribution in [3.05, 3.63) is 48.5 Å². The quantitative estimate of drug-likeness (QED) is 0.485. The molecule has 0 spiro atoms. The Balaban J connectivity index is 1.96. The van der Waals surface area contributed by atoms with E-state index in [0.717, 1.165) is 36.0 Å². The lowest BCUT2D eigenvalue weighted by atomic mass is 9.97. The average molecular weight is 341 g/mol. The topological polar surface area (TPSA) is 18.5 Å². The van der Waals surface area contributed by atoms with E-state index in [9.17, 15) is 0 Å². The van der Waals surface area contributed by atoms with Crippen molar-refractivity contribution in [3.63, 3.8) is 0 Å². The summed E-state index contributed by atoms with van der Waals surface area (Å²) in [4.78, 5) is 0. The first-order valence-electron chi connectivity index (χ1n) is 9.46. The molecule has 0 aliphatic heterocycles. The fourth-order valence-corrected chi connectivity index (χ4v) is 2.99. The highest BCUT2D eigenvalue weighted by Crippen LogP contribution is 2.33. The van der Waals surface area contributed by atoms with Crippen LogP contribution in [0.4, 0.5) is 0 Å². The number of rotatable bonds is 10. The maximum Gasteiger partial charge on any atom is 0.130 e. The zero-order chi connectivity index (χ0) is 18.1. The first-order chi connectivity index (χ1) is 12.1. The van der Waals surface area contributed by atoms with Gasteiger partial charge in [0.1, 0.15) is 11.5 Å². The summed E-state index contributed by atoms with van der Waals surface area (Å²) in [6.45, 7) is 7.66. The van der Waals surface area contributed by atoms with Crippen molar-refractivity contribution in [1.82, 2.24) is 0 Å². The average Bonchev–Trinajstić information content (AvgIpc) is 2.62. The van der Waals surface area contributed by atoms with Crippen LogP contribution in [0.3, 0.4) is 0 Å². The third-order valence-corrected chi connectivity index (χ3v) is 4.62. The SMILES string of the molecule is COc1ccc(-c2ccccc2)c(OCCC(C)CCCC(C)C)c1. The third-order valence-electron chi connectivity index (χ3n) is 4.62. The lowest BCUT2D eigenvalue weighted by Gasteiger charge is -2.16. The van der Waals surface area contributed by atoms with Crippen molar-refractivity contribution in [2.45, 2.75) is 46.5 Å². The molecule has 0 aromatic heterocycles. The fourth-order valence-electron chi connectivity index (χ4n) is 2.99. The molecule has 0 bridgehead atoms. The number of hydrogen-bond acceptors (Lipinski definition) is 2. The normalized spacial score (nSPS) is 12.2. The molecule has 0 fully saturated rings. The fraction of sp³-hybridized carbons (Fsp3) is 0.478. The van der Waals surface area contributed by atoms with Crippen molar-refractivity contribution in [2.24, 2.45) is 11.8 Å². The first kappa shape index (κ1) is 19.4. The van der Waals surface area contributed by atoms with Crippen LogP contribution in [0.2, 0.25) is 0 Å². The number of ether oxygens (including phenoxy) is 2. The number of benzene rings is 2. The molecule has 2 rings (SSSR count). The van der Waals surface area contributed by atoms with Crippen LogP contribution in [0.5, 0.6) is 11.5 Å². The van der Waals surface area contributed by atoms with Crippen molar-refractivity contribution in [3.8, 4) is 22.6 Å². The summed E-state index contributed by atoms with van der Waals surface area (Å²) in [6.07, 6.45) is 5.00. The van der Waals surface area contributed by atoms with E-state index in [2.05, 4.69) is 51.1 Å². The molecule has 0 saturated heterocycles. The van der Waals surface area contributed by atoms with Gasteiger partial charge in [0, 0.05) is 11.6 Å². The van der Waals surface area contributed by atoms with E-state index >= 15 is 0 Å². The molecule has 2 nitrogen and oxygen atoms in total. The van der Waals surface area contributed by atoms with E-state index in [4.69, 9.17) is 9.47 Å². The molecule has 1 atom stereocenters. The molecule has 0 heterocycles. The molecule has 136 valence electrons. The number of hydrogen-bond donors (Lipinski definition) is 0. The van der Waals surface area contributed by atoms with Crippen molar-refractivity contribution in [2.75, 3.05) is 13.7 Å². The second-order valence-corrected chi connectivity index (χ2v) is 7.30. The van der Waals surface area contributed by atoms with Crippen LogP contribution < -0.4 is 9.47 Å². The van der Waals surface area contributed by atoms with Crippen LogP contribution in [0.25, 0.3) is 11.1 Å². The lowest BCUT2D eigenvalue weighted by Crippen LogP contribution is -2.05. The van der Waals surface area contributed by atoms with Crippen LogP contribution in [-0.4, -0.2) is 13.7 Å². The van der Waals surface area contributed by atoms with Gasteiger partial charge in [0.25, 0.3) is 0 Å². The van der Waals surface area contributed by atoms with Gasteiger partial charge in [0.05, 0.1) is 13.7 Å². The summed E-state index contributed by atoms with van der Waals surface area (Å²) in [7, 11) is 1.69. The summed E-state index contributed by atoms with van der Waals surface area (Å²) in [5, 5.41) is 0. The summed E-state index contributed by atoms with van der Waals surface area (Å²) in [5.74, 6) is 3.23. The van der Waals surface area contributed by atoms with Gasteiger partial charge in [0.15, 0.2) is 0 Å². The van der Waals surface area contributed by atoms with Crippen LogP contribution >= 0.6 is 0 Å². The Hall–Kier alpha value is -1.96. The Kier molecular flexibility index (Phi) is 7.84. The van der Waals surface area contributed by atoms with Crippen LogP contribution in [-0.2, 0) is 0 Å². The van der Waals surface area contributed by atoms with E-state index in [1.54, 1.807) is 7.11 Å². The summed E-state index contributed by atoms with van der Waals surface area (Å²) in [5.41, 5.74) is 2.29. The second kappa shape index (κ2) is 10.1. The van der Waals surface area contributed by atoms with E-state index in [0.29, 0.717) is 5.92 Å². The molecule has 2 heteroatoms. The van der Waals surface area contributed by atoms with Gasteiger partial charge in [-0.15, -0.1) is 0 Å². The van der Waals surface area contributed by atoms with E-state index in [1.807, 2.05) is 18.2 Å². The molecule has 2 aromatic carbocycles. The molecular formula is C23H32O2. The highest BCUT2D eigenvalue weighted by Gasteiger charge is 2.09. The zero-order valence-corrected chi connectivity index (χ0v) is 16.1. The highest BCUT2D eigenvalue weighted by molar-refractivity contribution is 5.71. The Bertz CT molecular complexity index is 619. The van der Waals surface area contributed by atoms with E-state index in [-0.39, 0.29) is 0 Å². The second-order valence-electron chi connectivity index (χ2n) is 7.30. The summed E-state index contributed by atoms with van der Waals surface area (Å²) >= 11 is 0. The van der Waals surface area contributed by atoms with Gasteiger partial charge >= 0.3 is 0 Å². The molecule has 0 aliphatic rings. The molecule has 1 unspecified atom stereocenters. The van der Waals surface area contributed by atoms with Crippen LogP contribution in [0.15, 0.2) is 48.5 Å². The predicted molar refractivity (Wildman–Crippen MR) is 106 cm³/mol. The maximum atomic E-state index is 6.15. The van der Waals surface area contributed by atoms with Crippen LogP contribution in [0, 0.1) is 11.8 Å². The Morgan fingerprint density at radius 1 is 0.880 bits per heavy atom. The minimum Gasteiger partial charge on any atom is -0.497 e. The molecule has 0 saturated carbocycles. The van der Waals surface area contributed by atoms with Crippen molar-refractivity contribution < 1.29 is 9.47 Å². The van der Waals surface area contributed by atoms with Gasteiger partial charge in [-0.2, -0.15) is 0 Å². The minimum absolute atomic E-state index is 0.699. The van der Waals surface area contributed by atoms with Crippen molar-refractivity contribution >= 4 is 0 Å². The monoisotopic (exact) mass is 340 g/mol. The Labute approximate surface area is 153 Å². The molecule has 25 heavy (non-hydrogen) atoms. The first-order valence-corrected chi connectivity index (χ1v) is 9.46. The van der Waals surface area contributed by atoms with E-state index in [1.165, 1.54) is 24.8 Å². The molecule has 2 aromatic rings. The van der Waals surface area contributed by atoms with Gasteiger partial charge in [0.2, 0.25) is 0 Å². The minimum atomic E-state index is 0.699. The number of methoxy groups -OCH3 is 1. The zero-order valence-electron chi connectivity index (χ0n) is 16.1. The standard InChI is InChI=1S/C23H32O2/c1-18(2)9-8-10-19(3)15-16-25-23-17-21(24-4)13-14-22(23)20-11-6-5-7-12-20/h5-7,11-14,17-19H,8-10,15-16H2,1-4H3. The molecule has 0 aliphatic carbocycles. The highest BCUT2D eigenvalue weighted by atomic mass is 16.5. The van der Waals surface area contributed by atoms with Gasteiger partial charge in [-0.3, -0.25) is 0 Å². The maximum absolute atomic E-state index is 6.15. The predicted octanol–water partition coefficient (Wildman–Crippen LogP) is 6.59. The van der Waals surface area contributed by atoms with Gasteiger partial charge in [-0.1, -0.05) is 70.4 Å². The summed E-state index contributed by atoms with van der Waals surface area (Å²) in [6, 6.07) is 16.4. The van der Waals surface area contributed by atoms with Gasteiger partial charge in [-0.05, 0) is 36.0 Å². The lowest BCUT2D eigenvalue weighted by molar-refractivity contribution is 0.275. The largest absolute Gasteiger partial charge is 0.497 e. The molecular weight excluding hydrogens is 308 g/mol. The Morgan fingerprint density at radius 2 is 1.64 bits per heavy atom. The van der Waals surface area contributed by atoms with Crippen molar-refractivity contribution in [1.29, 1.82) is 0 Å². The van der Waals surface area contributed by atoms with Gasteiger partial charge in [-0.25, -0.2) is 0 Å². The molecule has 0 amide bonds. The summed E-state index contributed by atoms with van der Waals surface area (Å²) < 4.78 is 11.5. The third kappa shape index (κ3) is 6.45. The molecule has 0 radical (unpaired) electrons. The molecule has 0 N–H and O–H groups in total. The van der Waals surface area contributed by atoms with Crippen LogP contribution in [0.1, 0.15) is 46.5 Å². The Morgan fingerprint density at radius 3 is 2.32 bits per heavy atom. The van der Waals surface area contributed by atoms with Gasteiger partial charge < -0.3 is 9.47 Å².